The van der Waals surface area contributed by atoms with E-state index in [2.05, 4.69) is 5.32 Å². The molecule has 1 aromatic rings. The molecule has 7 heteroatoms. The van der Waals surface area contributed by atoms with Crippen LogP contribution in [0, 0.1) is 5.82 Å². The fourth-order valence-corrected chi connectivity index (χ4v) is 2.18. The lowest BCUT2D eigenvalue weighted by Crippen LogP contribution is -2.30. The van der Waals surface area contributed by atoms with Gasteiger partial charge in [-0.15, -0.1) is 0 Å². The second-order valence-corrected chi connectivity index (χ2v) is 5.33. The molecule has 1 aromatic carbocycles. The van der Waals surface area contributed by atoms with Crippen LogP contribution in [-0.4, -0.2) is 35.3 Å². The van der Waals surface area contributed by atoms with Crippen LogP contribution in [0.5, 0.6) is 5.75 Å². The maximum Gasteiger partial charge on any atom is 0.332 e. The predicted octanol–water partition coefficient (Wildman–Crippen LogP) is 2.18. The van der Waals surface area contributed by atoms with Crippen LogP contribution in [0.15, 0.2) is 18.2 Å². The number of nitrogens with one attached hydrogen (secondary N) is 1. The fourth-order valence-electron chi connectivity index (χ4n) is 2.18. The van der Waals surface area contributed by atoms with Crippen LogP contribution in [0.25, 0.3) is 0 Å². The summed E-state index contributed by atoms with van der Waals surface area (Å²) < 4.78 is 24.0. The summed E-state index contributed by atoms with van der Waals surface area (Å²) in [6.45, 7) is 3.62. The number of carboxylic acids is 1. The predicted molar refractivity (Wildman–Crippen MR) is 76.3 cm³/mol. The van der Waals surface area contributed by atoms with E-state index in [1.54, 1.807) is 0 Å². The summed E-state index contributed by atoms with van der Waals surface area (Å²) in [5.74, 6) is -1.77. The molecule has 0 aromatic heterocycles. The number of halogens is 1. The van der Waals surface area contributed by atoms with Gasteiger partial charge in [-0.25, -0.2) is 9.18 Å². The van der Waals surface area contributed by atoms with Crippen molar-refractivity contribution in [3.05, 3.63) is 24.0 Å². The Morgan fingerprint density at radius 3 is 2.64 bits per heavy atom. The first-order valence-electron chi connectivity index (χ1n) is 7.02. The molecule has 0 bridgehead atoms. The van der Waals surface area contributed by atoms with Crippen molar-refractivity contribution < 1.29 is 28.6 Å². The second kappa shape index (κ2) is 6.74. The van der Waals surface area contributed by atoms with Gasteiger partial charge in [0, 0.05) is 6.07 Å². The van der Waals surface area contributed by atoms with Crippen molar-refractivity contribution in [2.75, 3.05) is 5.32 Å². The van der Waals surface area contributed by atoms with E-state index >= 15 is 0 Å². The maximum atomic E-state index is 13.4. The van der Waals surface area contributed by atoms with E-state index in [9.17, 15) is 14.0 Å². The number of carbonyl (C=O) groups excluding carboxylic acids is 1. The standard InChI is InChI=1S/C15H18FNO5/c1-8(2)21-11-4-3-9(16)7-10(11)17-14(18)12-5-6-13(22-12)15(19)20/h3-4,7-8,12-13H,5-6H2,1-2H3,(H,17,18)(H,19,20)/t12-,13+/m0/s1. The van der Waals surface area contributed by atoms with E-state index in [0.717, 1.165) is 6.07 Å². The smallest absolute Gasteiger partial charge is 0.332 e. The Balaban J connectivity index is 2.08. The molecule has 1 amide bonds. The number of hydrogen-bond donors (Lipinski definition) is 2. The second-order valence-electron chi connectivity index (χ2n) is 5.33. The zero-order valence-corrected chi connectivity index (χ0v) is 12.3. The van der Waals surface area contributed by atoms with Gasteiger partial charge in [-0.05, 0) is 38.8 Å². The van der Waals surface area contributed by atoms with Gasteiger partial charge in [0.25, 0.3) is 5.91 Å². The highest BCUT2D eigenvalue weighted by atomic mass is 19.1. The first-order valence-corrected chi connectivity index (χ1v) is 7.02. The molecule has 1 heterocycles. The van der Waals surface area contributed by atoms with Gasteiger partial charge in [-0.3, -0.25) is 4.79 Å². The van der Waals surface area contributed by atoms with Crippen LogP contribution in [0.4, 0.5) is 10.1 Å². The summed E-state index contributed by atoms with van der Waals surface area (Å²) in [7, 11) is 0. The molecule has 2 rings (SSSR count). The Bertz CT molecular complexity index is 575. The molecule has 22 heavy (non-hydrogen) atoms. The van der Waals surface area contributed by atoms with Gasteiger partial charge in [0.05, 0.1) is 11.8 Å². The third-order valence-electron chi connectivity index (χ3n) is 3.15. The Morgan fingerprint density at radius 2 is 2.05 bits per heavy atom. The zero-order valence-electron chi connectivity index (χ0n) is 12.3. The molecular weight excluding hydrogens is 293 g/mol. The average molecular weight is 311 g/mol. The summed E-state index contributed by atoms with van der Waals surface area (Å²) in [6, 6.07) is 3.82. The average Bonchev–Trinajstić information content (AvgIpc) is 2.91. The monoisotopic (exact) mass is 311 g/mol. The Labute approximate surface area is 127 Å². The number of carboxylic acid groups (broad SMARTS) is 1. The van der Waals surface area contributed by atoms with E-state index < -0.39 is 29.9 Å². The minimum atomic E-state index is -1.09. The lowest BCUT2D eigenvalue weighted by atomic mass is 10.2. The van der Waals surface area contributed by atoms with Gasteiger partial charge in [0.2, 0.25) is 0 Å². The molecule has 2 N–H and O–H groups in total. The molecule has 0 radical (unpaired) electrons. The normalized spacial score (nSPS) is 20.9. The number of amides is 1. The number of hydrogen-bond acceptors (Lipinski definition) is 4. The summed E-state index contributed by atoms with van der Waals surface area (Å²) in [5.41, 5.74) is 0.195. The Kier molecular flexibility index (Phi) is 4.97. The van der Waals surface area contributed by atoms with E-state index in [1.807, 2.05) is 13.8 Å². The highest BCUT2D eigenvalue weighted by Crippen LogP contribution is 2.28. The van der Waals surface area contributed by atoms with Crippen molar-refractivity contribution in [2.24, 2.45) is 0 Å². The van der Waals surface area contributed by atoms with Crippen LogP contribution in [0.1, 0.15) is 26.7 Å². The van der Waals surface area contributed by atoms with Gasteiger partial charge in [-0.1, -0.05) is 0 Å². The number of anilines is 1. The van der Waals surface area contributed by atoms with Crippen molar-refractivity contribution in [3.63, 3.8) is 0 Å². The van der Waals surface area contributed by atoms with Crippen LogP contribution < -0.4 is 10.1 Å². The molecule has 1 aliphatic rings. The van der Waals surface area contributed by atoms with Crippen LogP contribution in [0.3, 0.4) is 0 Å². The molecule has 6 nitrogen and oxygen atoms in total. The fraction of sp³-hybridized carbons (Fsp3) is 0.467. The summed E-state index contributed by atoms with van der Waals surface area (Å²) in [4.78, 5) is 22.9. The third kappa shape index (κ3) is 3.94. The van der Waals surface area contributed by atoms with Crippen molar-refractivity contribution >= 4 is 17.6 Å². The van der Waals surface area contributed by atoms with E-state index in [4.69, 9.17) is 14.6 Å². The Morgan fingerprint density at radius 1 is 1.36 bits per heavy atom. The highest BCUT2D eigenvalue weighted by Gasteiger charge is 2.35. The molecule has 0 saturated carbocycles. The quantitative estimate of drug-likeness (QED) is 0.870. The van der Waals surface area contributed by atoms with Crippen molar-refractivity contribution in [1.29, 1.82) is 0 Å². The van der Waals surface area contributed by atoms with Crippen molar-refractivity contribution in [1.82, 2.24) is 0 Å². The van der Waals surface area contributed by atoms with Gasteiger partial charge < -0.3 is 19.9 Å². The first kappa shape index (κ1) is 16.2. The zero-order chi connectivity index (χ0) is 16.3. The molecule has 1 saturated heterocycles. The van der Waals surface area contributed by atoms with E-state index in [1.165, 1.54) is 12.1 Å². The van der Waals surface area contributed by atoms with Crippen molar-refractivity contribution in [2.45, 2.75) is 45.0 Å². The lowest BCUT2D eigenvalue weighted by Gasteiger charge is -2.17. The van der Waals surface area contributed by atoms with Gasteiger partial charge in [-0.2, -0.15) is 0 Å². The minimum absolute atomic E-state index is 0.139. The van der Waals surface area contributed by atoms with E-state index in [0.29, 0.717) is 12.2 Å². The van der Waals surface area contributed by atoms with Gasteiger partial charge >= 0.3 is 5.97 Å². The number of benzene rings is 1. The third-order valence-corrected chi connectivity index (χ3v) is 3.15. The van der Waals surface area contributed by atoms with Crippen molar-refractivity contribution in [3.8, 4) is 5.75 Å². The summed E-state index contributed by atoms with van der Waals surface area (Å²) in [5, 5.41) is 11.4. The molecule has 0 unspecified atom stereocenters. The van der Waals surface area contributed by atoms with E-state index in [-0.39, 0.29) is 18.2 Å². The van der Waals surface area contributed by atoms with Crippen LogP contribution in [-0.2, 0) is 14.3 Å². The van der Waals surface area contributed by atoms with Crippen LogP contribution >= 0.6 is 0 Å². The van der Waals surface area contributed by atoms with Gasteiger partial charge in [0.1, 0.15) is 17.7 Å². The topological polar surface area (TPSA) is 84.9 Å². The van der Waals surface area contributed by atoms with Crippen LogP contribution in [0.2, 0.25) is 0 Å². The molecule has 0 aliphatic carbocycles. The number of aliphatic carboxylic acids is 1. The Hall–Kier alpha value is -2.15. The molecule has 0 spiro atoms. The minimum Gasteiger partial charge on any atom is -0.489 e. The highest BCUT2D eigenvalue weighted by molar-refractivity contribution is 5.96. The number of rotatable bonds is 5. The van der Waals surface area contributed by atoms with Gasteiger partial charge in [0.15, 0.2) is 6.10 Å². The SMILES string of the molecule is CC(C)Oc1ccc(F)cc1NC(=O)[C@@H]1CC[C@H](C(=O)O)O1. The summed E-state index contributed by atoms with van der Waals surface area (Å²) >= 11 is 0. The molecule has 1 fully saturated rings. The molecule has 1 aliphatic heterocycles. The molecular formula is C15H18FNO5. The number of ether oxygens (including phenoxy) is 2. The first-order chi connectivity index (χ1) is 10.4. The molecule has 2 atom stereocenters. The largest absolute Gasteiger partial charge is 0.489 e. The summed E-state index contributed by atoms with van der Waals surface area (Å²) in [6.07, 6.45) is -1.41. The maximum absolute atomic E-state index is 13.4. The number of carbonyl (C=O) groups is 2. The molecule has 120 valence electrons. The lowest BCUT2D eigenvalue weighted by molar-refractivity contribution is -0.150.